The number of methoxy groups -OCH3 is 1. The van der Waals surface area contributed by atoms with Crippen molar-refractivity contribution in [3.8, 4) is 0 Å². The molecule has 3 nitrogen and oxygen atoms in total. The van der Waals surface area contributed by atoms with Crippen molar-refractivity contribution in [3.05, 3.63) is 42.1 Å². The summed E-state index contributed by atoms with van der Waals surface area (Å²) in [4.78, 5) is 4.28. The number of ether oxygens (including phenoxy) is 1. The molecule has 0 saturated carbocycles. The van der Waals surface area contributed by atoms with Crippen molar-refractivity contribution in [3.63, 3.8) is 0 Å². The van der Waals surface area contributed by atoms with Crippen molar-refractivity contribution in [2.24, 2.45) is 5.41 Å². The van der Waals surface area contributed by atoms with Crippen molar-refractivity contribution < 1.29 is 9.84 Å². The molecule has 3 heteroatoms. The van der Waals surface area contributed by atoms with Gasteiger partial charge in [-0.2, -0.15) is 0 Å². The Morgan fingerprint density at radius 2 is 1.95 bits per heavy atom. The molecular formula is C16H21NO2. The summed E-state index contributed by atoms with van der Waals surface area (Å²) in [7, 11) is 1.64. The molecule has 0 radical (unpaired) electrons. The molecule has 0 fully saturated rings. The predicted octanol–water partition coefficient (Wildman–Crippen LogP) is 3.33. The van der Waals surface area contributed by atoms with Crippen LogP contribution in [0.5, 0.6) is 0 Å². The van der Waals surface area contributed by atoms with Gasteiger partial charge in [-0.3, -0.25) is 4.98 Å². The zero-order valence-electron chi connectivity index (χ0n) is 11.9. The minimum absolute atomic E-state index is 0.127. The lowest BCUT2D eigenvalue weighted by Crippen LogP contribution is -2.34. The summed E-state index contributed by atoms with van der Waals surface area (Å²) in [5, 5.41) is 11.6. The van der Waals surface area contributed by atoms with E-state index < -0.39 is 6.10 Å². The van der Waals surface area contributed by atoms with E-state index in [1.54, 1.807) is 13.3 Å². The van der Waals surface area contributed by atoms with Gasteiger partial charge in [0.1, 0.15) is 6.10 Å². The van der Waals surface area contributed by atoms with E-state index >= 15 is 0 Å². The van der Waals surface area contributed by atoms with Crippen LogP contribution in [0.25, 0.3) is 10.9 Å². The fraction of sp³-hybridized carbons (Fsp3) is 0.438. The highest BCUT2D eigenvalue weighted by atomic mass is 16.5. The van der Waals surface area contributed by atoms with Gasteiger partial charge in [-0.1, -0.05) is 32.9 Å². The highest BCUT2D eigenvalue weighted by Gasteiger charge is 2.32. The number of aliphatic hydroxyl groups is 1. The fourth-order valence-corrected chi connectivity index (χ4v) is 2.41. The number of benzene rings is 1. The molecular weight excluding hydrogens is 238 g/mol. The van der Waals surface area contributed by atoms with Crippen molar-refractivity contribution in [2.45, 2.75) is 33.0 Å². The third-order valence-electron chi connectivity index (χ3n) is 3.36. The van der Waals surface area contributed by atoms with Crippen molar-refractivity contribution in [1.29, 1.82) is 0 Å². The van der Waals surface area contributed by atoms with E-state index in [9.17, 15) is 5.11 Å². The summed E-state index contributed by atoms with van der Waals surface area (Å²) in [5.74, 6) is 0. The standard InChI is InChI=1S/C16H21NO2/c1-16(2,3)15(19-4)14(18)12-7-8-13-11(10-12)6-5-9-17-13/h5-10,14-15,18H,1-4H3. The van der Waals surface area contributed by atoms with Gasteiger partial charge in [0.05, 0.1) is 11.6 Å². The van der Waals surface area contributed by atoms with Crippen LogP contribution in [0.2, 0.25) is 0 Å². The first-order valence-electron chi connectivity index (χ1n) is 6.49. The summed E-state index contributed by atoms with van der Waals surface area (Å²) >= 11 is 0. The second-order valence-electron chi connectivity index (χ2n) is 5.92. The first-order chi connectivity index (χ1) is 8.93. The summed E-state index contributed by atoms with van der Waals surface area (Å²) in [6.07, 6.45) is 0.877. The van der Waals surface area contributed by atoms with Crippen molar-refractivity contribution >= 4 is 10.9 Å². The molecule has 1 N–H and O–H groups in total. The molecule has 0 amide bonds. The van der Waals surface area contributed by atoms with Crippen LogP contribution < -0.4 is 0 Å². The van der Waals surface area contributed by atoms with Gasteiger partial charge in [0.25, 0.3) is 0 Å². The largest absolute Gasteiger partial charge is 0.386 e. The third kappa shape index (κ3) is 2.94. The monoisotopic (exact) mass is 259 g/mol. The maximum absolute atomic E-state index is 10.5. The Kier molecular flexibility index (Phi) is 3.88. The van der Waals surface area contributed by atoms with Gasteiger partial charge in [0.15, 0.2) is 0 Å². The normalized spacial score (nSPS) is 15.4. The summed E-state index contributed by atoms with van der Waals surface area (Å²) < 4.78 is 5.48. The maximum atomic E-state index is 10.5. The molecule has 0 aliphatic heterocycles. The van der Waals surface area contributed by atoms with Crippen molar-refractivity contribution in [1.82, 2.24) is 4.98 Å². The Morgan fingerprint density at radius 3 is 2.58 bits per heavy atom. The van der Waals surface area contributed by atoms with Gasteiger partial charge in [0, 0.05) is 18.7 Å². The van der Waals surface area contributed by atoms with Crippen LogP contribution in [0.3, 0.4) is 0 Å². The molecule has 0 saturated heterocycles. The van der Waals surface area contributed by atoms with Crippen LogP contribution in [0.4, 0.5) is 0 Å². The number of hydrogen-bond acceptors (Lipinski definition) is 3. The summed E-state index contributed by atoms with van der Waals surface area (Å²) in [6.45, 7) is 6.19. The average molecular weight is 259 g/mol. The molecule has 1 aromatic carbocycles. The van der Waals surface area contributed by atoms with E-state index in [4.69, 9.17) is 4.74 Å². The fourth-order valence-electron chi connectivity index (χ4n) is 2.41. The number of pyridine rings is 1. The van der Waals surface area contributed by atoms with Crippen LogP contribution in [0.1, 0.15) is 32.4 Å². The number of aliphatic hydroxyl groups excluding tert-OH is 1. The van der Waals surface area contributed by atoms with E-state index in [0.717, 1.165) is 16.5 Å². The van der Waals surface area contributed by atoms with Crippen LogP contribution >= 0.6 is 0 Å². The van der Waals surface area contributed by atoms with Gasteiger partial charge in [-0.05, 0) is 29.2 Å². The van der Waals surface area contributed by atoms with E-state index in [-0.39, 0.29) is 11.5 Å². The molecule has 2 rings (SSSR count). The highest BCUT2D eigenvalue weighted by molar-refractivity contribution is 5.79. The molecule has 2 unspecified atom stereocenters. The number of rotatable bonds is 3. The molecule has 2 atom stereocenters. The minimum Gasteiger partial charge on any atom is -0.386 e. The predicted molar refractivity (Wildman–Crippen MR) is 77.0 cm³/mol. The summed E-state index contributed by atoms with van der Waals surface area (Å²) in [5.41, 5.74) is 1.67. The minimum atomic E-state index is -0.644. The summed E-state index contributed by atoms with van der Waals surface area (Å²) in [6, 6.07) is 9.72. The second-order valence-corrected chi connectivity index (χ2v) is 5.92. The third-order valence-corrected chi connectivity index (χ3v) is 3.36. The van der Waals surface area contributed by atoms with E-state index in [2.05, 4.69) is 25.8 Å². The maximum Gasteiger partial charge on any atom is 0.106 e. The molecule has 0 aliphatic rings. The van der Waals surface area contributed by atoms with E-state index in [1.165, 1.54) is 0 Å². The first kappa shape index (κ1) is 14.0. The Hall–Kier alpha value is -1.45. The van der Waals surface area contributed by atoms with Crippen LogP contribution in [0.15, 0.2) is 36.5 Å². The highest BCUT2D eigenvalue weighted by Crippen LogP contribution is 2.33. The lowest BCUT2D eigenvalue weighted by molar-refractivity contribution is -0.0723. The number of aromatic nitrogens is 1. The molecule has 1 aromatic heterocycles. The van der Waals surface area contributed by atoms with Gasteiger partial charge in [-0.15, -0.1) is 0 Å². The Labute approximate surface area is 114 Å². The molecule has 102 valence electrons. The zero-order valence-corrected chi connectivity index (χ0v) is 11.9. The van der Waals surface area contributed by atoms with Gasteiger partial charge in [-0.25, -0.2) is 0 Å². The quantitative estimate of drug-likeness (QED) is 0.919. The number of nitrogens with zero attached hydrogens (tertiary/aromatic N) is 1. The van der Waals surface area contributed by atoms with Gasteiger partial charge < -0.3 is 9.84 Å². The molecule has 0 spiro atoms. The van der Waals surface area contributed by atoms with Gasteiger partial charge in [0.2, 0.25) is 0 Å². The Balaban J connectivity index is 2.38. The Bertz CT molecular complexity index is 560. The molecule has 0 aliphatic carbocycles. The number of fused-ring (bicyclic) bond motifs is 1. The lowest BCUT2D eigenvalue weighted by Gasteiger charge is -2.33. The second kappa shape index (κ2) is 5.27. The average Bonchev–Trinajstić information content (AvgIpc) is 2.37. The smallest absolute Gasteiger partial charge is 0.106 e. The van der Waals surface area contributed by atoms with Crippen LogP contribution in [0, 0.1) is 5.41 Å². The Morgan fingerprint density at radius 1 is 1.21 bits per heavy atom. The van der Waals surface area contributed by atoms with Crippen molar-refractivity contribution in [2.75, 3.05) is 7.11 Å². The van der Waals surface area contributed by atoms with E-state index in [1.807, 2.05) is 30.3 Å². The SMILES string of the molecule is COC(C(O)c1ccc2ncccc2c1)C(C)(C)C. The molecule has 0 bridgehead atoms. The first-order valence-corrected chi connectivity index (χ1v) is 6.49. The molecule has 19 heavy (non-hydrogen) atoms. The van der Waals surface area contributed by atoms with Crippen LogP contribution in [-0.2, 0) is 4.74 Å². The topological polar surface area (TPSA) is 42.4 Å². The molecule has 1 heterocycles. The number of hydrogen-bond donors (Lipinski definition) is 1. The van der Waals surface area contributed by atoms with Crippen LogP contribution in [-0.4, -0.2) is 23.3 Å². The zero-order chi connectivity index (χ0) is 14.0. The van der Waals surface area contributed by atoms with E-state index in [0.29, 0.717) is 0 Å². The lowest BCUT2D eigenvalue weighted by atomic mass is 9.83. The molecule has 2 aromatic rings. The van der Waals surface area contributed by atoms with Gasteiger partial charge >= 0.3 is 0 Å².